The van der Waals surface area contributed by atoms with Crippen molar-refractivity contribution in [1.29, 1.82) is 0 Å². The van der Waals surface area contributed by atoms with Gasteiger partial charge in [0.15, 0.2) is 5.78 Å². The van der Waals surface area contributed by atoms with E-state index in [0.717, 1.165) is 5.69 Å². The number of pyridine rings is 1. The molecule has 0 aliphatic carbocycles. The highest BCUT2D eigenvalue weighted by Crippen LogP contribution is 2.18. The van der Waals surface area contributed by atoms with Crippen molar-refractivity contribution in [3.63, 3.8) is 0 Å². The Morgan fingerprint density at radius 1 is 1.29 bits per heavy atom. The third-order valence-corrected chi connectivity index (χ3v) is 2.55. The molecule has 1 unspecified atom stereocenters. The van der Waals surface area contributed by atoms with E-state index >= 15 is 0 Å². The average Bonchev–Trinajstić information content (AvgIpc) is 2.28. The Labute approximate surface area is 101 Å². The number of carbonyl (C=O) groups excluding carboxylic acids is 2. The van der Waals surface area contributed by atoms with Crippen molar-refractivity contribution >= 4 is 11.8 Å². The van der Waals surface area contributed by atoms with E-state index in [4.69, 9.17) is 0 Å². The molecule has 0 fully saturated rings. The second kappa shape index (κ2) is 5.57. The maximum absolute atomic E-state index is 12.2. The first-order valence-electron chi connectivity index (χ1n) is 5.53. The monoisotopic (exact) mass is 235 g/mol. The zero-order chi connectivity index (χ0) is 13.0. The predicted octanol–water partition coefficient (Wildman–Crippen LogP) is 2.02. The fraction of sp³-hybridized carbons (Fsp3) is 0.462. The Morgan fingerprint density at radius 3 is 2.41 bits per heavy atom. The average molecular weight is 235 g/mol. The van der Waals surface area contributed by atoms with Gasteiger partial charge in [-0.25, -0.2) is 4.98 Å². The first-order chi connectivity index (χ1) is 7.97. The van der Waals surface area contributed by atoms with E-state index in [1.54, 1.807) is 25.1 Å². The lowest BCUT2D eigenvalue weighted by atomic mass is 9.90. The summed E-state index contributed by atoms with van der Waals surface area (Å²) >= 11 is 0. The van der Waals surface area contributed by atoms with Gasteiger partial charge in [0, 0.05) is 5.69 Å². The molecule has 0 bridgehead atoms. The van der Waals surface area contributed by atoms with Crippen molar-refractivity contribution in [1.82, 2.24) is 4.98 Å². The number of Topliss-reactive ketones (excluding diaryl/α,β-unsaturated/α-hetero) is 1. The Kier molecular flexibility index (Phi) is 4.37. The Balaban J connectivity index is 3.04. The lowest BCUT2D eigenvalue weighted by Crippen LogP contribution is -2.30. The van der Waals surface area contributed by atoms with E-state index in [0.29, 0.717) is 5.69 Å². The molecule has 0 aliphatic heterocycles. The van der Waals surface area contributed by atoms with Gasteiger partial charge in [0.2, 0.25) is 0 Å². The topological polar surface area (TPSA) is 56.3 Å². The van der Waals surface area contributed by atoms with Crippen LogP contribution in [-0.2, 0) is 9.53 Å². The van der Waals surface area contributed by atoms with Gasteiger partial charge >= 0.3 is 5.97 Å². The summed E-state index contributed by atoms with van der Waals surface area (Å²) in [5.74, 6) is -1.68. The van der Waals surface area contributed by atoms with Crippen molar-refractivity contribution in [2.24, 2.45) is 11.8 Å². The summed E-state index contributed by atoms with van der Waals surface area (Å²) in [7, 11) is 1.29. The highest BCUT2D eigenvalue weighted by atomic mass is 16.5. The molecule has 1 aromatic heterocycles. The van der Waals surface area contributed by atoms with Crippen LogP contribution in [0.5, 0.6) is 0 Å². The second-order valence-electron chi connectivity index (χ2n) is 4.27. The van der Waals surface area contributed by atoms with E-state index < -0.39 is 11.9 Å². The summed E-state index contributed by atoms with van der Waals surface area (Å²) in [6, 6.07) is 5.18. The zero-order valence-electron chi connectivity index (χ0n) is 10.6. The minimum Gasteiger partial charge on any atom is -0.468 e. The van der Waals surface area contributed by atoms with Gasteiger partial charge in [-0.05, 0) is 25.0 Å². The van der Waals surface area contributed by atoms with Gasteiger partial charge in [0.1, 0.15) is 11.6 Å². The summed E-state index contributed by atoms with van der Waals surface area (Å²) in [5.41, 5.74) is 1.07. The molecule has 0 aromatic carbocycles. The van der Waals surface area contributed by atoms with E-state index in [1.165, 1.54) is 7.11 Å². The molecule has 1 aromatic rings. The largest absolute Gasteiger partial charge is 0.468 e. The molecule has 1 atom stereocenters. The molecule has 0 saturated heterocycles. The predicted molar refractivity (Wildman–Crippen MR) is 63.6 cm³/mol. The number of nitrogens with zero attached hydrogens (tertiary/aromatic N) is 1. The Hall–Kier alpha value is -1.71. The number of esters is 1. The van der Waals surface area contributed by atoms with Gasteiger partial charge in [-0.2, -0.15) is 0 Å². The van der Waals surface area contributed by atoms with Gasteiger partial charge in [0.05, 0.1) is 7.11 Å². The molecule has 4 heteroatoms. The van der Waals surface area contributed by atoms with Gasteiger partial charge < -0.3 is 4.74 Å². The molecule has 1 heterocycles. The van der Waals surface area contributed by atoms with Gasteiger partial charge in [-0.15, -0.1) is 0 Å². The van der Waals surface area contributed by atoms with Crippen LogP contribution >= 0.6 is 0 Å². The molecule has 0 amide bonds. The van der Waals surface area contributed by atoms with Crippen molar-refractivity contribution in [3.8, 4) is 0 Å². The second-order valence-corrected chi connectivity index (χ2v) is 4.27. The van der Waals surface area contributed by atoms with E-state index in [1.807, 2.05) is 13.8 Å². The molecule has 1 rings (SSSR count). The maximum Gasteiger partial charge on any atom is 0.316 e. The normalized spacial score (nSPS) is 12.3. The summed E-state index contributed by atoms with van der Waals surface area (Å²) < 4.78 is 4.66. The Morgan fingerprint density at radius 2 is 1.94 bits per heavy atom. The van der Waals surface area contributed by atoms with Crippen LogP contribution in [0.3, 0.4) is 0 Å². The zero-order valence-corrected chi connectivity index (χ0v) is 10.6. The van der Waals surface area contributed by atoms with Crippen LogP contribution in [0.4, 0.5) is 0 Å². The lowest BCUT2D eigenvalue weighted by molar-refractivity contribution is -0.144. The number of carbonyl (C=O) groups is 2. The molecule has 0 radical (unpaired) electrons. The van der Waals surface area contributed by atoms with Gasteiger partial charge in [0.25, 0.3) is 0 Å². The van der Waals surface area contributed by atoms with Crippen LogP contribution in [0.1, 0.15) is 30.0 Å². The standard InChI is InChI=1S/C13H17NO3/c1-8(2)11(13(16)17-4)12(15)10-7-5-6-9(3)14-10/h5-8,11H,1-4H3. The fourth-order valence-corrected chi connectivity index (χ4v) is 1.65. The lowest BCUT2D eigenvalue weighted by Gasteiger charge is -2.16. The number of hydrogen-bond donors (Lipinski definition) is 0. The Bertz CT molecular complexity index is 426. The third kappa shape index (κ3) is 3.12. The van der Waals surface area contributed by atoms with Crippen molar-refractivity contribution in [2.75, 3.05) is 7.11 Å². The van der Waals surface area contributed by atoms with Crippen molar-refractivity contribution in [3.05, 3.63) is 29.6 Å². The van der Waals surface area contributed by atoms with Crippen LogP contribution in [-0.4, -0.2) is 23.8 Å². The fourth-order valence-electron chi connectivity index (χ4n) is 1.65. The smallest absolute Gasteiger partial charge is 0.316 e. The van der Waals surface area contributed by atoms with Crippen molar-refractivity contribution < 1.29 is 14.3 Å². The molecule has 17 heavy (non-hydrogen) atoms. The van der Waals surface area contributed by atoms with Crippen LogP contribution in [0, 0.1) is 18.8 Å². The highest BCUT2D eigenvalue weighted by Gasteiger charge is 2.32. The molecular weight excluding hydrogens is 218 g/mol. The summed E-state index contributed by atoms with van der Waals surface area (Å²) in [6.07, 6.45) is 0. The SMILES string of the molecule is COC(=O)C(C(=O)c1cccc(C)n1)C(C)C. The number of ether oxygens (including phenoxy) is 1. The number of hydrogen-bond acceptors (Lipinski definition) is 4. The molecule has 0 aliphatic rings. The molecular formula is C13H17NO3. The highest BCUT2D eigenvalue weighted by molar-refractivity contribution is 6.07. The first-order valence-corrected chi connectivity index (χ1v) is 5.53. The maximum atomic E-state index is 12.2. The molecule has 0 spiro atoms. The van der Waals surface area contributed by atoms with Crippen molar-refractivity contribution in [2.45, 2.75) is 20.8 Å². The quantitative estimate of drug-likeness (QED) is 0.455. The summed E-state index contributed by atoms with van der Waals surface area (Å²) in [6.45, 7) is 5.43. The number of aryl methyl sites for hydroxylation is 1. The number of ketones is 1. The summed E-state index contributed by atoms with van der Waals surface area (Å²) in [4.78, 5) is 27.9. The molecule has 0 N–H and O–H groups in total. The van der Waals surface area contributed by atoms with E-state index in [2.05, 4.69) is 9.72 Å². The van der Waals surface area contributed by atoms with Crippen LogP contribution in [0.15, 0.2) is 18.2 Å². The number of methoxy groups -OCH3 is 1. The van der Waals surface area contributed by atoms with E-state index in [-0.39, 0.29) is 11.7 Å². The summed E-state index contributed by atoms with van der Waals surface area (Å²) in [5, 5.41) is 0. The molecule has 4 nitrogen and oxygen atoms in total. The van der Waals surface area contributed by atoms with E-state index in [9.17, 15) is 9.59 Å². The first kappa shape index (κ1) is 13.4. The molecule has 0 saturated carbocycles. The van der Waals surface area contributed by atoms with Gasteiger partial charge in [-0.1, -0.05) is 19.9 Å². The number of rotatable bonds is 4. The molecule has 92 valence electrons. The van der Waals surface area contributed by atoms with Crippen LogP contribution in [0.25, 0.3) is 0 Å². The van der Waals surface area contributed by atoms with Gasteiger partial charge in [-0.3, -0.25) is 9.59 Å². The van der Waals surface area contributed by atoms with Crippen LogP contribution in [0.2, 0.25) is 0 Å². The van der Waals surface area contributed by atoms with Crippen LogP contribution < -0.4 is 0 Å². The minimum atomic E-state index is -0.783. The third-order valence-electron chi connectivity index (χ3n) is 2.55. The minimum absolute atomic E-state index is 0.114. The number of aromatic nitrogens is 1.